The molecular formula is C15H9F2NO3. The summed E-state index contributed by atoms with van der Waals surface area (Å²) in [5.41, 5.74) is -0.230. The third-order valence-corrected chi connectivity index (χ3v) is 2.76. The molecule has 0 fully saturated rings. The summed E-state index contributed by atoms with van der Waals surface area (Å²) >= 11 is 0. The number of aromatic carboxylic acids is 1. The van der Waals surface area contributed by atoms with Crippen LogP contribution in [-0.4, -0.2) is 11.1 Å². The number of carbonyl (C=O) groups is 1. The number of nitriles is 1. The van der Waals surface area contributed by atoms with Crippen molar-refractivity contribution < 1.29 is 23.4 Å². The molecule has 21 heavy (non-hydrogen) atoms. The van der Waals surface area contributed by atoms with Crippen LogP contribution in [0.25, 0.3) is 0 Å². The first-order valence-corrected chi connectivity index (χ1v) is 5.86. The molecule has 1 N–H and O–H groups in total. The highest BCUT2D eigenvalue weighted by molar-refractivity contribution is 5.87. The van der Waals surface area contributed by atoms with Gasteiger partial charge in [-0.3, -0.25) is 0 Å². The first-order chi connectivity index (χ1) is 10.0. The topological polar surface area (TPSA) is 70.3 Å². The number of ether oxygens (including phenoxy) is 1. The molecule has 2 rings (SSSR count). The zero-order valence-electron chi connectivity index (χ0n) is 10.6. The van der Waals surface area contributed by atoms with E-state index in [1.807, 2.05) is 0 Å². The number of nitrogens with zero attached hydrogens (tertiary/aromatic N) is 1. The standard InChI is InChI=1S/C15H9F2NO3/c16-12-6-9(15(19)20)4-5-13(12)21-8-11-3-1-2-10(7-18)14(11)17/h1-6H,8H2,(H,19,20). The van der Waals surface area contributed by atoms with E-state index in [-0.39, 0.29) is 29.0 Å². The monoisotopic (exact) mass is 289 g/mol. The first-order valence-electron chi connectivity index (χ1n) is 5.86. The quantitative estimate of drug-likeness (QED) is 0.938. The second kappa shape index (κ2) is 6.01. The maximum absolute atomic E-state index is 13.8. The smallest absolute Gasteiger partial charge is 0.335 e. The maximum atomic E-state index is 13.8. The SMILES string of the molecule is N#Cc1cccc(COc2ccc(C(=O)O)cc2F)c1F. The van der Waals surface area contributed by atoms with E-state index in [0.717, 1.165) is 12.1 Å². The summed E-state index contributed by atoms with van der Waals surface area (Å²) in [4.78, 5) is 10.7. The van der Waals surface area contributed by atoms with Crippen LogP contribution in [0.1, 0.15) is 21.5 Å². The highest BCUT2D eigenvalue weighted by Crippen LogP contribution is 2.21. The molecule has 2 aromatic rings. The molecule has 0 saturated carbocycles. The Morgan fingerprint density at radius 3 is 2.67 bits per heavy atom. The fraction of sp³-hybridized carbons (Fsp3) is 0.0667. The van der Waals surface area contributed by atoms with Gasteiger partial charge >= 0.3 is 5.97 Å². The molecule has 0 atom stereocenters. The van der Waals surface area contributed by atoms with Gasteiger partial charge in [0.25, 0.3) is 0 Å². The van der Waals surface area contributed by atoms with E-state index >= 15 is 0 Å². The molecule has 0 aliphatic rings. The van der Waals surface area contributed by atoms with Crippen LogP contribution in [0, 0.1) is 23.0 Å². The largest absolute Gasteiger partial charge is 0.486 e. The van der Waals surface area contributed by atoms with Crippen LogP contribution in [0.4, 0.5) is 8.78 Å². The van der Waals surface area contributed by atoms with Gasteiger partial charge in [-0.1, -0.05) is 12.1 Å². The van der Waals surface area contributed by atoms with E-state index in [9.17, 15) is 13.6 Å². The second-order valence-corrected chi connectivity index (χ2v) is 4.13. The fourth-order valence-electron chi connectivity index (χ4n) is 1.68. The predicted molar refractivity (Wildman–Crippen MR) is 68.8 cm³/mol. The molecule has 0 spiro atoms. The Morgan fingerprint density at radius 2 is 2.05 bits per heavy atom. The third-order valence-electron chi connectivity index (χ3n) is 2.76. The number of hydrogen-bond acceptors (Lipinski definition) is 3. The Kier molecular flexibility index (Phi) is 4.14. The minimum Gasteiger partial charge on any atom is -0.486 e. The molecule has 0 aliphatic heterocycles. The zero-order valence-corrected chi connectivity index (χ0v) is 10.6. The van der Waals surface area contributed by atoms with Gasteiger partial charge in [-0.25, -0.2) is 13.6 Å². The summed E-state index contributed by atoms with van der Waals surface area (Å²) in [5.74, 6) is -3.02. The first kappa shape index (κ1) is 14.5. The van der Waals surface area contributed by atoms with Gasteiger partial charge in [0.05, 0.1) is 11.1 Å². The van der Waals surface area contributed by atoms with E-state index in [1.165, 1.54) is 24.3 Å². The summed E-state index contributed by atoms with van der Waals surface area (Å²) in [5, 5.41) is 17.4. The van der Waals surface area contributed by atoms with Crippen LogP contribution in [0.2, 0.25) is 0 Å². The zero-order chi connectivity index (χ0) is 15.4. The van der Waals surface area contributed by atoms with Crippen molar-refractivity contribution >= 4 is 5.97 Å². The number of benzene rings is 2. The lowest BCUT2D eigenvalue weighted by Crippen LogP contribution is -2.03. The Bertz CT molecular complexity index is 738. The van der Waals surface area contributed by atoms with Crippen LogP contribution in [0.5, 0.6) is 5.75 Å². The molecule has 0 bridgehead atoms. The number of hydrogen-bond donors (Lipinski definition) is 1. The number of carboxylic acid groups (broad SMARTS) is 1. The highest BCUT2D eigenvalue weighted by atomic mass is 19.1. The normalized spacial score (nSPS) is 9.95. The van der Waals surface area contributed by atoms with Gasteiger partial charge in [-0.05, 0) is 24.3 Å². The van der Waals surface area contributed by atoms with Crippen LogP contribution >= 0.6 is 0 Å². The van der Waals surface area contributed by atoms with Crippen molar-refractivity contribution in [1.82, 2.24) is 0 Å². The van der Waals surface area contributed by atoms with E-state index in [0.29, 0.717) is 0 Å². The molecule has 0 heterocycles. The average molecular weight is 289 g/mol. The van der Waals surface area contributed by atoms with Gasteiger partial charge in [0.2, 0.25) is 0 Å². The van der Waals surface area contributed by atoms with Crippen LogP contribution in [0.15, 0.2) is 36.4 Å². The minimum atomic E-state index is -1.26. The Labute approximate surface area is 118 Å². The summed E-state index contributed by atoms with van der Waals surface area (Å²) in [6.45, 7) is -0.273. The minimum absolute atomic E-state index is 0.107. The van der Waals surface area contributed by atoms with Crippen molar-refractivity contribution in [3.8, 4) is 11.8 Å². The van der Waals surface area contributed by atoms with E-state index in [1.54, 1.807) is 6.07 Å². The Morgan fingerprint density at radius 1 is 1.29 bits per heavy atom. The van der Waals surface area contributed by atoms with Crippen LogP contribution in [0.3, 0.4) is 0 Å². The van der Waals surface area contributed by atoms with Gasteiger partial charge in [0.15, 0.2) is 11.6 Å². The number of carboxylic acids is 1. The lowest BCUT2D eigenvalue weighted by molar-refractivity contribution is 0.0696. The van der Waals surface area contributed by atoms with Crippen molar-refractivity contribution in [3.63, 3.8) is 0 Å². The second-order valence-electron chi connectivity index (χ2n) is 4.13. The Balaban J connectivity index is 2.18. The van der Waals surface area contributed by atoms with Crippen molar-refractivity contribution in [2.75, 3.05) is 0 Å². The van der Waals surface area contributed by atoms with Gasteiger partial charge in [0, 0.05) is 5.56 Å². The third kappa shape index (κ3) is 3.15. The van der Waals surface area contributed by atoms with E-state index < -0.39 is 17.6 Å². The molecule has 0 amide bonds. The van der Waals surface area contributed by atoms with Crippen LogP contribution < -0.4 is 4.74 Å². The molecule has 6 heteroatoms. The predicted octanol–water partition coefficient (Wildman–Crippen LogP) is 3.11. The lowest BCUT2D eigenvalue weighted by atomic mass is 10.1. The summed E-state index contributed by atoms with van der Waals surface area (Å²) in [6.07, 6.45) is 0. The molecular weight excluding hydrogens is 280 g/mol. The Hall–Kier alpha value is -2.94. The summed E-state index contributed by atoms with van der Waals surface area (Å²) < 4.78 is 32.5. The van der Waals surface area contributed by atoms with Crippen molar-refractivity contribution in [1.29, 1.82) is 5.26 Å². The van der Waals surface area contributed by atoms with Gasteiger partial charge in [0.1, 0.15) is 18.5 Å². The molecule has 4 nitrogen and oxygen atoms in total. The number of halogens is 2. The van der Waals surface area contributed by atoms with E-state index in [2.05, 4.69) is 0 Å². The van der Waals surface area contributed by atoms with E-state index in [4.69, 9.17) is 15.1 Å². The van der Waals surface area contributed by atoms with Crippen LogP contribution in [-0.2, 0) is 6.61 Å². The molecule has 106 valence electrons. The molecule has 0 unspecified atom stereocenters. The van der Waals surface area contributed by atoms with Crippen molar-refractivity contribution in [2.45, 2.75) is 6.61 Å². The highest BCUT2D eigenvalue weighted by Gasteiger charge is 2.12. The van der Waals surface area contributed by atoms with Gasteiger partial charge in [-0.2, -0.15) is 5.26 Å². The summed E-state index contributed by atoms with van der Waals surface area (Å²) in [6, 6.07) is 9.08. The number of rotatable bonds is 4. The molecule has 0 aromatic heterocycles. The molecule has 2 aromatic carbocycles. The molecule has 0 radical (unpaired) electrons. The molecule has 0 aliphatic carbocycles. The maximum Gasteiger partial charge on any atom is 0.335 e. The molecule has 0 saturated heterocycles. The lowest BCUT2D eigenvalue weighted by Gasteiger charge is -2.09. The van der Waals surface area contributed by atoms with Crippen molar-refractivity contribution in [2.24, 2.45) is 0 Å². The fourth-order valence-corrected chi connectivity index (χ4v) is 1.68. The van der Waals surface area contributed by atoms with Gasteiger partial charge < -0.3 is 9.84 Å². The average Bonchev–Trinajstić information content (AvgIpc) is 2.47. The summed E-state index contributed by atoms with van der Waals surface area (Å²) in [7, 11) is 0. The van der Waals surface area contributed by atoms with Gasteiger partial charge in [-0.15, -0.1) is 0 Å². The van der Waals surface area contributed by atoms with Crippen molar-refractivity contribution in [3.05, 3.63) is 64.7 Å².